The molecule has 0 radical (unpaired) electrons. The van der Waals surface area contributed by atoms with Gasteiger partial charge < -0.3 is 9.47 Å². The Balaban J connectivity index is 1.71. The fourth-order valence-corrected chi connectivity index (χ4v) is 4.51. The smallest absolute Gasteiger partial charge is 0.253 e. The molecule has 2 aromatic rings. The Labute approximate surface area is 172 Å². The summed E-state index contributed by atoms with van der Waals surface area (Å²) in [6.45, 7) is 4.81. The van der Waals surface area contributed by atoms with E-state index in [1.807, 2.05) is 6.07 Å². The number of nitrogens with zero attached hydrogens (tertiary/aromatic N) is 3. The Morgan fingerprint density at radius 2 is 1.96 bits per heavy atom. The highest BCUT2D eigenvalue weighted by Crippen LogP contribution is 2.36. The third-order valence-electron chi connectivity index (χ3n) is 5.44. The SMILES string of the molecule is CCCCCCOc1nsnc1C1=CCC[N+](C)(C(OC)c2ccccc2)C1. The number of aromatic nitrogens is 2. The molecule has 0 fully saturated rings. The van der Waals surface area contributed by atoms with E-state index in [1.54, 1.807) is 7.11 Å². The fraction of sp³-hybridized carbons (Fsp3) is 0.545. The van der Waals surface area contributed by atoms with Gasteiger partial charge in [-0.2, -0.15) is 4.37 Å². The summed E-state index contributed by atoms with van der Waals surface area (Å²) in [7, 11) is 4.06. The largest absolute Gasteiger partial charge is 0.475 e. The van der Waals surface area contributed by atoms with Gasteiger partial charge >= 0.3 is 0 Å². The second-order valence-corrected chi connectivity index (χ2v) is 8.23. The highest BCUT2D eigenvalue weighted by molar-refractivity contribution is 6.99. The summed E-state index contributed by atoms with van der Waals surface area (Å²) in [5.41, 5.74) is 3.33. The van der Waals surface area contributed by atoms with Crippen molar-refractivity contribution >= 4 is 17.3 Å². The van der Waals surface area contributed by atoms with Gasteiger partial charge in [0, 0.05) is 24.7 Å². The summed E-state index contributed by atoms with van der Waals surface area (Å²) in [4.78, 5) is 0. The third kappa shape index (κ3) is 4.99. The molecule has 152 valence electrons. The van der Waals surface area contributed by atoms with Gasteiger partial charge in [-0.15, -0.1) is 4.37 Å². The average molecular weight is 403 g/mol. The van der Waals surface area contributed by atoms with Crippen LogP contribution in [-0.4, -0.2) is 47.1 Å². The van der Waals surface area contributed by atoms with Crippen molar-refractivity contribution in [2.75, 3.05) is 33.9 Å². The molecule has 0 aliphatic carbocycles. The lowest BCUT2D eigenvalue weighted by Crippen LogP contribution is -2.50. The lowest BCUT2D eigenvalue weighted by atomic mass is 10.0. The Kier molecular flexibility index (Phi) is 7.59. The molecule has 2 heterocycles. The Bertz CT molecular complexity index is 762. The molecule has 1 aliphatic heterocycles. The zero-order valence-electron chi connectivity index (χ0n) is 17.3. The van der Waals surface area contributed by atoms with Gasteiger partial charge in [-0.25, -0.2) is 0 Å². The summed E-state index contributed by atoms with van der Waals surface area (Å²) in [6.07, 6.45) is 8.03. The van der Waals surface area contributed by atoms with E-state index < -0.39 is 0 Å². The van der Waals surface area contributed by atoms with Crippen molar-refractivity contribution in [1.82, 2.24) is 8.75 Å². The second kappa shape index (κ2) is 10.1. The van der Waals surface area contributed by atoms with Gasteiger partial charge in [0.2, 0.25) is 6.23 Å². The molecule has 28 heavy (non-hydrogen) atoms. The zero-order chi connectivity index (χ0) is 19.8. The van der Waals surface area contributed by atoms with Crippen molar-refractivity contribution in [3.05, 3.63) is 47.7 Å². The number of rotatable bonds is 10. The van der Waals surface area contributed by atoms with E-state index in [2.05, 4.69) is 53.1 Å². The molecule has 2 unspecified atom stereocenters. The van der Waals surface area contributed by atoms with E-state index in [4.69, 9.17) is 9.47 Å². The molecule has 6 heteroatoms. The summed E-state index contributed by atoms with van der Waals surface area (Å²) in [5, 5.41) is 0. The van der Waals surface area contributed by atoms with Gasteiger partial charge in [0.05, 0.1) is 31.9 Å². The highest BCUT2D eigenvalue weighted by Gasteiger charge is 2.38. The average Bonchev–Trinajstić information content (AvgIpc) is 3.18. The lowest BCUT2D eigenvalue weighted by molar-refractivity contribution is -0.955. The molecule has 3 rings (SSSR count). The van der Waals surface area contributed by atoms with E-state index in [0.29, 0.717) is 12.5 Å². The molecule has 0 N–H and O–H groups in total. The van der Waals surface area contributed by atoms with Crippen LogP contribution in [0.1, 0.15) is 56.5 Å². The highest BCUT2D eigenvalue weighted by atomic mass is 32.1. The minimum absolute atomic E-state index is 0.00472. The topological polar surface area (TPSA) is 44.2 Å². The van der Waals surface area contributed by atoms with E-state index in [9.17, 15) is 0 Å². The number of methoxy groups -OCH3 is 1. The van der Waals surface area contributed by atoms with E-state index in [1.165, 1.54) is 42.1 Å². The lowest BCUT2D eigenvalue weighted by Gasteiger charge is -2.42. The van der Waals surface area contributed by atoms with Crippen LogP contribution in [0.25, 0.3) is 5.57 Å². The summed E-state index contributed by atoms with van der Waals surface area (Å²) >= 11 is 1.23. The Hall–Kier alpha value is -1.76. The maximum absolute atomic E-state index is 5.97. The molecule has 1 aromatic carbocycles. The Morgan fingerprint density at radius 1 is 1.14 bits per heavy atom. The van der Waals surface area contributed by atoms with Gasteiger partial charge in [-0.3, -0.25) is 4.48 Å². The fourth-order valence-electron chi connectivity index (χ4n) is 3.98. The molecular weight excluding hydrogens is 370 g/mol. The molecule has 2 atom stereocenters. The summed E-state index contributed by atoms with van der Waals surface area (Å²) < 4.78 is 21.7. The van der Waals surface area contributed by atoms with Gasteiger partial charge in [0.15, 0.2) is 0 Å². The molecule has 0 spiro atoms. The minimum Gasteiger partial charge on any atom is -0.475 e. The first kappa shape index (κ1) is 21.0. The summed E-state index contributed by atoms with van der Waals surface area (Å²) in [5.74, 6) is 0.690. The summed E-state index contributed by atoms with van der Waals surface area (Å²) in [6, 6.07) is 10.5. The van der Waals surface area contributed by atoms with Crippen molar-refractivity contribution < 1.29 is 14.0 Å². The number of quaternary nitrogens is 1. The zero-order valence-corrected chi connectivity index (χ0v) is 18.1. The van der Waals surface area contributed by atoms with Gasteiger partial charge in [-0.05, 0) is 6.42 Å². The predicted molar refractivity (Wildman–Crippen MR) is 114 cm³/mol. The van der Waals surface area contributed by atoms with Crippen LogP contribution in [0.5, 0.6) is 5.88 Å². The van der Waals surface area contributed by atoms with Crippen LogP contribution in [0.15, 0.2) is 36.4 Å². The van der Waals surface area contributed by atoms with E-state index in [0.717, 1.165) is 36.1 Å². The molecule has 0 saturated carbocycles. The van der Waals surface area contributed by atoms with Crippen LogP contribution < -0.4 is 4.74 Å². The van der Waals surface area contributed by atoms with Crippen molar-refractivity contribution in [2.24, 2.45) is 0 Å². The second-order valence-electron chi connectivity index (χ2n) is 7.71. The molecule has 1 aliphatic rings. The minimum atomic E-state index is -0.00472. The molecule has 0 saturated heterocycles. The van der Waals surface area contributed by atoms with Gasteiger partial charge in [-0.1, -0.05) is 62.6 Å². The van der Waals surface area contributed by atoms with Gasteiger partial charge in [0.1, 0.15) is 12.2 Å². The molecule has 0 bridgehead atoms. The first-order chi connectivity index (χ1) is 13.7. The monoisotopic (exact) mass is 402 g/mol. The van der Waals surface area contributed by atoms with Gasteiger partial charge in [0.25, 0.3) is 5.88 Å². The quantitative estimate of drug-likeness (QED) is 0.411. The molecule has 5 nitrogen and oxygen atoms in total. The van der Waals surface area contributed by atoms with E-state index in [-0.39, 0.29) is 6.23 Å². The maximum Gasteiger partial charge on any atom is 0.253 e. The molecular formula is C22H32N3O2S+. The first-order valence-corrected chi connectivity index (χ1v) is 11.0. The van der Waals surface area contributed by atoms with Crippen LogP contribution in [0, 0.1) is 0 Å². The standard InChI is InChI=1S/C22H32N3O2S/c1-4-5-6-10-16-27-21-20(23-28-24-21)19-14-11-15-25(2,17-19)22(26-3)18-12-8-7-9-13-18/h7-9,12-14,22H,4-6,10-11,15-17H2,1-3H3/q+1. The number of benzene rings is 1. The van der Waals surface area contributed by atoms with E-state index >= 15 is 0 Å². The van der Waals surface area contributed by atoms with Crippen LogP contribution in [0.3, 0.4) is 0 Å². The van der Waals surface area contributed by atoms with Crippen LogP contribution in [0.2, 0.25) is 0 Å². The van der Waals surface area contributed by atoms with Crippen molar-refractivity contribution in [2.45, 2.75) is 45.3 Å². The molecule has 1 aromatic heterocycles. The normalized spacial score (nSPS) is 20.6. The first-order valence-electron chi connectivity index (χ1n) is 10.2. The van der Waals surface area contributed by atoms with Crippen molar-refractivity contribution in [3.63, 3.8) is 0 Å². The van der Waals surface area contributed by atoms with Crippen molar-refractivity contribution in [1.29, 1.82) is 0 Å². The third-order valence-corrected chi connectivity index (χ3v) is 5.95. The van der Waals surface area contributed by atoms with Crippen LogP contribution >= 0.6 is 11.7 Å². The maximum atomic E-state index is 5.97. The number of ether oxygens (including phenoxy) is 2. The predicted octanol–water partition coefficient (Wildman–Crippen LogP) is 5.08. The molecule has 0 amide bonds. The Morgan fingerprint density at radius 3 is 2.71 bits per heavy atom. The number of unbranched alkanes of at least 4 members (excludes halogenated alkanes) is 3. The van der Waals surface area contributed by atoms with Crippen LogP contribution in [-0.2, 0) is 4.74 Å². The number of hydrogen-bond donors (Lipinski definition) is 0. The number of hydrogen-bond acceptors (Lipinski definition) is 5. The van der Waals surface area contributed by atoms with Crippen LogP contribution in [0.4, 0.5) is 0 Å². The van der Waals surface area contributed by atoms with Crippen molar-refractivity contribution in [3.8, 4) is 5.88 Å². The number of likely N-dealkylation sites (N-methyl/N-ethyl adjacent to an activating group) is 1.